The maximum Gasteiger partial charge on any atom is 0.0633 e. The quantitative estimate of drug-likeness (QED) is 0.653. The molecule has 0 amide bonds. The summed E-state index contributed by atoms with van der Waals surface area (Å²) in [6.45, 7) is 6.57. The topological polar surface area (TPSA) is 12.4 Å². The molecule has 0 saturated carbocycles. The van der Waals surface area contributed by atoms with Crippen LogP contribution < -0.4 is 0 Å². The Morgan fingerprint density at radius 2 is 1.70 bits per heavy atom. The Bertz CT molecular complexity index is 705. The van der Waals surface area contributed by atoms with Crippen LogP contribution in [0.3, 0.4) is 0 Å². The van der Waals surface area contributed by atoms with Crippen LogP contribution in [0.5, 0.6) is 0 Å². The summed E-state index contributed by atoms with van der Waals surface area (Å²) in [7, 11) is 0. The Morgan fingerprint density at radius 3 is 2.50 bits per heavy atom. The largest absolute Gasteiger partial charge is 0.257 e. The standard InChI is InChI=1S/C19H19N/c1-4-5-12-20-14-10-11-16-15-8-6-7-9-17(15)19(2,3)18(16)13-14/h4-13H,1-3H3/b5-4-,20-12?. The second-order valence-corrected chi connectivity index (χ2v) is 5.70. The summed E-state index contributed by atoms with van der Waals surface area (Å²) in [5.41, 5.74) is 6.55. The number of aliphatic imine (C=N–C) groups is 1. The fraction of sp³-hybridized carbons (Fsp3) is 0.211. The maximum atomic E-state index is 4.49. The predicted octanol–water partition coefficient (Wildman–Crippen LogP) is 5.27. The first-order valence-corrected chi connectivity index (χ1v) is 7.04. The fourth-order valence-corrected chi connectivity index (χ4v) is 2.99. The first-order chi connectivity index (χ1) is 9.64. The summed E-state index contributed by atoms with van der Waals surface area (Å²) < 4.78 is 0. The van der Waals surface area contributed by atoms with Gasteiger partial charge in [-0.25, -0.2) is 0 Å². The number of allylic oxidation sites excluding steroid dienone is 2. The van der Waals surface area contributed by atoms with E-state index in [4.69, 9.17) is 0 Å². The molecule has 1 aliphatic carbocycles. The lowest BCUT2D eigenvalue weighted by molar-refractivity contribution is 0.660. The van der Waals surface area contributed by atoms with Crippen molar-refractivity contribution in [3.05, 3.63) is 65.7 Å². The molecule has 0 radical (unpaired) electrons. The molecule has 1 aliphatic rings. The molecule has 2 aromatic carbocycles. The Hall–Kier alpha value is -2.15. The highest BCUT2D eigenvalue weighted by Gasteiger charge is 2.34. The normalized spacial score (nSPS) is 15.8. The SMILES string of the molecule is C/C=C\C=Nc1ccc2c(c1)C(C)(C)c1ccccc1-2. The maximum absolute atomic E-state index is 4.49. The Labute approximate surface area is 120 Å². The third kappa shape index (κ3) is 1.90. The van der Waals surface area contributed by atoms with Gasteiger partial charge in [0.05, 0.1) is 5.69 Å². The van der Waals surface area contributed by atoms with Crippen molar-refractivity contribution in [1.82, 2.24) is 0 Å². The molecule has 0 N–H and O–H groups in total. The number of nitrogens with zero attached hydrogens (tertiary/aromatic N) is 1. The van der Waals surface area contributed by atoms with Gasteiger partial charge in [0.15, 0.2) is 0 Å². The van der Waals surface area contributed by atoms with Gasteiger partial charge in [-0.1, -0.05) is 50.3 Å². The highest BCUT2D eigenvalue weighted by atomic mass is 14.7. The van der Waals surface area contributed by atoms with Gasteiger partial charge in [-0.05, 0) is 47.4 Å². The average Bonchev–Trinajstić information content (AvgIpc) is 2.69. The zero-order chi connectivity index (χ0) is 14.2. The van der Waals surface area contributed by atoms with E-state index in [1.807, 2.05) is 25.3 Å². The van der Waals surface area contributed by atoms with Crippen molar-refractivity contribution in [2.24, 2.45) is 4.99 Å². The van der Waals surface area contributed by atoms with Crippen LogP contribution in [0, 0.1) is 0 Å². The van der Waals surface area contributed by atoms with Crippen LogP contribution in [0.1, 0.15) is 31.9 Å². The summed E-state index contributed by atoms with van der Waals surface area (Å²) in [5, 5.41) is 0. The third-order valence-corrected chi connectivity index (χ3v) is 4.07. The molecule has 0 unspecified atom stereocenters. The molecule has 0 aliphatic heterocycles. The summed E-state index contributed by atoms with van der Waals surface area (Å²) in [6, 6.07) is 15.2. The van der Waals surface area contributed by atoms with Crippen LogP contribution in [0.25, 0.3) is 11.1 Å². The van der Waals surface area contributed by atoms with Crippen molar-refractivity contribution in [3.8, 4) is 11.1 Å². The molecule has 100 valence electrons. The highest BCUT2D eigenvalue weighted by molar-refractivity contribution is 5.83. The van der Waals surface area contributed by atoms with Gasteiger partial charge >= 0.3 is 0 Å². The van der Waals surface area contributed by atoms with Gasteiger partial charge < -0.3 is 0 Å². The van der Waals surface area contributed by atoms with E-state index in [1.54, 1.807) is 0 Å². The second-order valence-electron chi connectivity index (χ2n) is 5.70. The monoisotopic (exact) mass is 261 g/mol. The minimum Gasteiger partial charge on any atom is -0.257 e. The van der Waals surface area contributed by atoms with Crippen molar-refractivity contribution < 1.29 is 0 Å². The molecule has 1 nitrogen and oxygen atoms in total. The number of hydrogen-bond donors (Lipinski definition) is 0. The summed E-state index contributed by atoms with van der Waals surface area (Å²) >= 11 is 0. The van der Waals surface area contributed by atoms with Crippen LogP contribution in [0.4, 0.5) is 5.69 Å². The molecular weight excluding hydrogens is 242 g/mol. The van der Waals surface area contributed by atoms with Crippen molar-refractivity contribution >= 4 is 11.9 Å². The van der Waals surface area contributed by atoms with Crippen LogP contribution in [0.2, 0.25) is 0 Å². The summed E-state index contributed by atoms with van der Waals surface area (Å²) in [6.07, 6.45) is 5.78. The smallest absolute Gasteiger partial charge is 0.0633 e. The molecule has 1 heteroatoms. The van der Waals surface area contributed by atoms with E-state index in [0.29, 0.717) is 0 Å². The van der Waals surface area contributed by atoms with Crippen LogP contribution in [-0.2, 0) is 5.41 Å². The molecule has 0 spiro atoms. The lowest BCUT2D eigenvalue weighted by Crippen LogP contribution is -2.14. The van der Waals surface area contributed by atoms with Gasteiger partial charge in [-0.15, -0.1) is 0 Å². The Morgan fingerprint density at radius 1 is 0.950 bits per heavy atom. The van der Waals surface area contributed by atoms with E-state index < -0.39 is 0 Å². The number of hydrogen-bond acceptors (Lipinski definition) is 1. The lowest BCUT2D eigenvalue weighted by Gasteiger charge is -2.21. The van der Waals surface area contributed by atoms with E-state index in [2.05, 4.69) is 61.3 Å². The lowest BCUT2D eigenvalue weighted by atomic mass is 9.82. The van der Waals surface area contributed by atoms with Gasteiger partial charge in [-0.3, -0.25) is 4.99 Å². The second kappa shape index (κ2) is 4.75. The van der Waals surface area contributed by atoms with Crippen molar-refractivity contribution in [1.29, 1.82) is 0 Å². The molecule has 0 heterocycles. The van der Waals surface area contributed by atoms with Crippen molar-refractivity contribution in [2.75, 3.05) is 0 Å². The van der Waals surface area contributed by atoms with E-state index in [1.165, 1.54) is 22.3 Å². The minimum absolute atomic E-state index is 0.0536. The number of fused-ring (bicyclic) bond motifs is 3. The van der Waals surface area contributed by atoms with Gasteiger partial charge in [0, 0.05) is 11.6 Å². The van der Waals surface area contributed by atoms with Gasteiger partial charge in [-0.2, -0.15) is 0 Å². The average molecular weight is 261 g/mol. The molecule has 0 bridgehead atoms. The first-order valence-electron chi connectivity index (χ1n) is 7.04. The zero-order valence-corrected chi connectivity index (χ0v) is 12.2. The van der Waals surface area contributed by atoms with Crippen LogP contribution >= 0.6 is 0 Å². The predicted molar refractivity (Wildman–Crippen MR) is 87.0 cm³/mol. The molecular formula is C19H19N. The molecule has 0 fully saturated rings. The third-order valence-electron chi connectivity index (χ3n) is 4.07. The zero-order valence-electron chi connectivity index (χ0n) is 12.2. The fourth-order valence-electron chi connectivity index (χ4n) is 2.99. The molecule has 0 atom stereocenters. The molecule has 0 aromatic heterocycles. The minimum atomic E-state index is 0.0536. The highest BCUT2D eigenvalue weighted by Crippen LogP contribution is 2.49. The van der Waals surface area contributed by atoms with E-state index in [-0.39, 0.29) is 5.41 Å². The molecule has 20 heavy (non-hydrogen) atoms. The summed E-state index contributed by atoms with van der Waals surface area (Å²) in [5.74, 6) is 0. The Balaban J connectivity index is 2.13. The number of benzene rings is 2. The van der Waals surface area contributed by atoms with E-state index in [9.17, 15) is 0 Å². The molecule has 0 saturated heterocycles. The number of rotatable bonds is 2. The van der Waals surface area contributed by atoms with Crippen molar-refractivity contribution in [2.45, 2.75) is 26.2 Å². The Kier molecular flexibility index (Phi) is 3.06. The van der Waals surface area contributed by atoms with Gasteiger partial charge in [0.2, 0.25) is 0 Å². The summed E-state index contributed by atoms with van der Waals surface area (Å²) in [4.78, 5) is 4.49. The first kappa shape index (κ1) is 12.9. The van der Waals surface area contributed by atoms with Gasteiger partial charge in [0.25, 0.3) is 0 Å². The van der Waals surface area contributed by atoms with Crippen molar-refractivity contribution in [3.63, 3.8) is 0 Å². The van der Waals surface area contributed by atoms with Gasteiger partial charge in [0.1, 0.15) is 0 Å². The van der Waals surface area contributed by atoms with Crippen LogP contribution in [0.15, 0.2) is 59.6 Å². The molecule has 2 aromatic rings. The molecule has 3 rings (SSSR count). The van der Waals surface area contributed by atoms with E-state index in [0.717, 1.165) is 5.69 Å². The van der Waals surface area contributed by atoms with Crippen LogP contribution in [-0.4, -0.2) is 6.21 Å². The van der Waals surface area contributed by atoms with E-state index >= 15 is 0 Å².